The maximum atomic E-state index is 9.21. The van der Waals surface area contributed by atoms with Gasteiger partial charge in [-0.15, -0.1) is 0 Å². The molecule has 2 atom stereocenters. The van der Waals surface area contributed by atoms with E-state index in [2.05, 4.69) is 20.9 Å². The summed E-state index contributed by atoms with van der Waals surface area (Å²) in [6.07, 6.45) is 1.07. The molecule has 0 aliphatic heterocycles. The van der Waals surface area contributed by atoms with Gasteiger partial charge >= 0.3 is 0 Å². The number of aliphatic hydroxyl groups excluding tert-OH is 1. The topological polar surface area (TPSA) is 59.1 Å². The van der Waals surface area contributed by atoms with Crippen LogP contribution < -0.4 is 5.73 Å². The predicted molar refractivity (Wildman–Crippen MR) is 50.5 cm³/mol. The van der Waals surface area contributed by atoms with Crippen LogP contribution in [0.25, 0.3) is 0 Å². The molecule has 1 heterocycles. The largest absolute Gasteiger partial charge is 0.391 e. The molecule has 0 spiro atoms. The van der Waals surface area contributed by atoms with Crippen molar-refractivity contribution >= 4 is 15.9 Å². The first-order valence-electron chi connectivity index (χ1n) is 3.67. The minimum atomic E-state index is -0.587. The molecular weight excluding hydrogens is 220 g/mol. The van der Waals surface area contributed by atoms with E-state index in [0.29, 0.717) is 5.69 Å². The quantitative estimate of drug-likeness (QED) is 0.804. The Labute approximate surface area is 79.7 Å². The van der Waals surface area contributed by atoms with Crippen molar-refractivity contribution in [3.63, 3.8) is 0 Å². The first-order valence-corrected chi connectivity index (χ1v) is 4.46. The normalized spacial score (nSPS) is 15.7. The Morgan fingerprint density at radius 3 is 2.83 bits per heavy atom. The second kappa shape index (κ2) is 3.98. The number of aliphatic hydroxyl groups is 1. The van der Waals surface area contributed by atoms with Crippen LogP contribution in [0.1, 0.15) is 18.7 Å². The monoisotopic (exact) mass is 230 g/mol. The van der Waals surface area contributed by atoms with Crippen LogP contribution in [0.5, 0.6) is 0 Å². The van der Waals surface area contributed by atoms with Gasteiger partial charge in [0.2, 0.25) is 0 Å². The number of aromatic nitrogens is 1. The molecule has 0 unspecified atom stereocenters. The van der Waals surface area contributed by atoms with Gasteiger partial charge in [0, 0.05) is 10.7 Å². The van der Waals surface area contributed by atoms with Crippen LogP contribution >= 0.6 is 15.9 Å². The summed E-state index contributed by atoms with van der Waals surface area (Å²) in [7, 11) is 0. The lowest BCUT2D eigenvalue weighted by atomic mass is 10.1. The Hall–Kier alpha value is -0.450. The van der Waals surface area contributed by atoms with Crippen LogP contribution in [-0.2, 0) is 0 Å². The number of nitrogens with two attached hydrogens (primary N) is 1. The van der Waals surface area contributed by atoms with Crippen LogP contribution in [0, 0.1) is 0 Å². The molecule has 0 aliphatic carbocycles. The van der Waals surface area contributed by atoms with Gasteiger partial charge in [-0.2, -0.15) is 0 Å². The number of nitrogens with zero attached hydrogens (tertiary/aromatic N) is 1. The van der Waals surface area contributed by atoms with Crippen LogP contribution in [0.15, 0.2) is 22.8 Å². The highest BCUT2D eigenvalue weighted by molar-refractivity contribution is 9.10. The molecule has 1 aromatic heterocycles. The molecule has 3 nitrogen and oxygen atoms in total. The van der Waals surface area contributed by atoms with Gasteiger partial charge in [0.1, 0.15) is 0 Å². The summed E-state index contributed by atoms with van der Waals surface area (Å²) in [4.78, 5) is 4.07. The second-order valence-corrected chi connectivity index (χ2v) is 3.49. The number of rotatable bonds is 2. The summed E-state index contributed by atoms with van der Waals surface area (Å²) in [5, 5.41) is 9.21. The maximum absolute atomic E-state index is 9.21. The van der Waals surface area contributed by atoms with E-state index in [1.165, 1.54) is 0 Å². The van der Waals surface area contributed by atoms with E-state index in [1.54, 1.807) is 13.1 Å². The van der Waals surface area contributed by atoms with Crippen LogP contribution in [0.4, 0.5) is 0 Å². The summed E-state index contributed by atoms with van der Waals surface area (Å²) >= 11 is 3.31. The van der Waals surface area contributed by atoms with Crippen molar-refractivity contribution in [2.45, 2.75) is 19.1 Å². The van der Waals surface area contributed by atoms with E-state index < -0.39 is 12.1 Å². The van der Waals surface area contributed by atoms with Crippen molar-refractivity contribution in [3.05, 3.63) is 28.5 Å². The molecule has 0 saturated carbocycles. The Bertz CT molecular complexity index is 265. The summed E-state index contributed by atoms with van der Waals surface area (Å²) in [5.41, 5.74) is 6.38. The lowest BCUT2D eigenvalue weighted by Gasteiger charge is -2.14. The number of halogens is 1. The highest BCUT2D eigenvalue weighted by atomic mass is 79.9. The molecule has 3 N–H and O–H groups in total. The molecule has 0 radical (unpaired) electrons. The highest BCUT2D eigenvalue weighted by Crippen LogP contribution is 2.20. The minimum Gasteiger partial charge on any atom is -0.391 e. The van der Waals surface area contributed by atoms with E-state index in [1.807, 2.05) is 12.1 Å². The summed E-state index contributed by atoms with van der Waals surface area (Å²) < 4.78 is 0.832. The van der Waals surface area contributed by atoms with E-state index in [4.69, 9.17) is 5.73 Å². The smallest absolute Gasteiger partial charge is 0.0742 e. The van der Waals surface area contributed by atoms with Crippen LogP contribution in [0.3, 0.4) is 0 Å². The molecule has 0 bridgehead atoms. The first-order chi connectivity index (χ1) is 5.63. The lowest BCUT2D eigenvalue weighted by molar-refractivity contribution is 0.162. The minimum absolute atomic E-state index is 0.430. The Balaban J connectivity index is 2.94. The molecule has 12 heavy (non-hydrogen) atoms. The van der Waals surface area contributed by atoms with Crippen molar-refractivity contribution in [3.8, 4) is 0 Å². The number of hydrogen-bond acceptors (Lipinski definition) is 3. The van der Waals surface area contributed by atoms with Gasteiger partial charge < -0.3 is 10.8 Å². The third-order valence-corrected chi connectivity index (χ3v) is 2.29. The average molecular weight is 231 g/mol. The van der Waals surface area contributed by atoms with E-state index in [-0.39, 0.29) is 0 Å². The SMILES string of the molecule is C[C@H](O)[C@H](N)c1ncccc1Br. The zero-order chi connectivity index (χ0) is 9.14. The summed E-state index contributed by atoms with van der Waals surface area (Å²) in [6.45, 7) is 1.64. The molecule has 4 heteroatoms. The second-order valence-electron chi connectivity index (χ2n) is 2.64. The van der Waals surface area contributed by atoms with Crippen molar-refractivity contribution in [1.29, 1.82) is 0 Å². The van der Waals surface area contributed by atoms with E-state index in [9.17, 15) is 5.11 Å². The highest BCUT2D eigenvalue weighted by Gasteiger charge is 2.15. The van der Waals surface area contributed by atoms with E-state index in [0.717, 1.165) is 4.47 Å². The number of hydrogen-bond donors (Lipinski definition) is 2. The fourth-order valence-electron chi connectivity index (χ4n) is 0.872. The third-order valence-electron chi connectivity index (χ3n) is 1.62. The van der Waals surface area contributed by atoms with Gasteiger partial charge in [-0.05, 0) is 35.0 Å². The Morgan fingerprint density at radius 1 is 1.67 bits per heavy atom. The van der Waals surface area contributed by atoms with Crippen LogP contribution in [-0.4, -0.2) is 16.2 Å². The van der Waals surface area contributed by atoms with Gasteiger partial charge in [-0.3, -0.25) is 4.98 Å². The van der Waals surface area contributed by atoms with Crippen molar-refractivity contribution < 1.29 is 5.11 Å². The van der Waals surface area contributed by atoms with Gasteiger partial charge in [-0.25, -0.2) is 0 Å². The molecule has 0 fully saturated rings. The van der Waals surface area contributed by atoms with Crippen molar-refractivity contribution in [2.75, 3.05) is 0 Å². The maximum Gasteiger partial charge on any atom is 0.0742 e. The fraction of sp³-hybridized carbons (Fsp3) is 0.375. The molecule has 0 aromatic carbocycles. The van der Waals surface area contributed by atoms with Gasteiger partial charge in [-0.1, -0.05) is 0 Å². The average Bonchev–Trinajstić information content (AvgIpc) is 2.04. The Morgan fingerprint density at radius 2 is 2.33 bits per heavy atom. The fourth-order valence-corrected chi connectivity index (χ4v) is 1.39. The molecule has 0 amide bonds. The molecule has 0 saturated heterocycles. The van der Waals surface area contributed by atoms with Gasteiger partial charge in [0.15, 0.2) is 0 Å². The van der Waals surface area contributed by atoms with Gasteiger partial charge in [0.05, 0.1) is 17.8 Å². The molecule has 1 rings (SSSR count). The molecule has 66 valence electrons. The summed E-state index contributed by atoms with van der Waals surface area (Å²) in [5.74, 6) is 0. The first kappa shape index (κ1) is 9.64. The zero-order valence-electron chi connectivity index (χ0n) is 6.74. The van der Waals surface area contributed by atoms with Crippen LogP contribution in [0.2, 0.25) is 0 Å². The molecule has 0 aliphatic rings. The number of pyridine rings is 1. The Kier molecular flexibility index (Phi) is 3.20. The summed E-state index contributed by atoms with van der Waals surface area (Å²) in [6, 6.07) is 3.23. The van der Waals surface area contributed by atoms with Crippen molar-refractivity contribution in [1.82, 2.24) is 4.98 Å². The molecule has 1 aromatic rings. The third kappa shape index (κ3) is 2.03. The van der Waals surface area contributed by atoms with Crippen molar-refractivity contribution in [2.24, 2.45) is 5.73 Å². The zero-order valence-corrected chi connectivity index (χ0v) is 8.32. The molecular formula is C8H11BrN2O. The predicted octanol–water partition coefficient (Wildman–Crippen LogP) is 1.22. The standard InChI is InChI=1S/C8H11BrN2O/c1-5(12)7(10)8-6(9)3-2-4-11-8/h2-5,7,12H,10H2,1H3/t5-,7-/m0/s1. The van der Waals surface area contributed by atoms with E-state index >= 15 is 0 Å². The lowest BCUT2D eigenvalue weighted by Crippen LogP contribution is -2.24. The van der Waals surface area contributed by atoms with Gasteiger partial charge in [0.25, 0.3) is 0 Å².